The monoisotopic (exact) mass is 475 g/mol. The minimum absolute atomic E-state index is 0.143. The number of carbonyl (C=O) groups is 1. The molecule has 178 valence electrons. The minimum atomic E-state index is -1.36. The molecule has 2 aromatic carbocycles. The number of nitrogens with one attached hydrogen (secondary N) is 3. The molecule has 0 unspecified atom stereocenters. The number of amides is 2. The van der Waals surface area contributed by atoms with Crippen molar-refractivity contribution in [2.75, 3.05) is 17.2 Å². The molecule has 0 saturated carbocycles. The van der Waals surface area contributed by atoms with Crippen LogP contribution in [0, 0.1) is 0 Å². The summed E-state index contributed by atoms with van der Waals surface area (Å²) in [4.78, 5) is 12.7. The fourth-order valence-electron chi connectivity index (χ4n) is 3.49. The summed E-state index contributed by atoms with van der Waals surface area (Å²) in [6.07, 6.45) is -4.87. The lowest BCUT2D eigenvalue weighted by atomic mass is 9.92. The number of halogens is 1. The fourth-order valence-corrected chi connectivity index (χ4v) is 3.66. The van der Waals surface area contributed by atoms with Crippen LogP contribution in [0.1, 0.15) is 31.9 Å². The molecule has 8 nitrogen and oxygen atoms in total. The summed E-state index contributed by atoms with van der Waals surface area (Å²) in [7, 11) is 0. The predicted molar refractivity (Wildman–Crippen MR) is 129 cm³/mol. The van der Waals surface area contributed by atoms with Crippen molar-refractivity contribution in [2.45, 2.75) is 50.8 Å². The van der Waals surface area contributed by atoms with Crippen LogP contribution in [-0.2, 0) is 10.3 Å². The maximum absolute atomic E-state index is 12.7. The Morgan fingerprint density at radius 1 is 1.15 bits per heavy atom. The molecule has 9 heteroatoms. The summed E-state index contributed by atoms with van der Waals surface area (Å²) in [5.41, 5.74) is 3.06. The molecule has 33 heavy (non-hydrogen) atoms. The maximum atomic E-state index is 12.7. The second-order valence-corrected chi connectivity index (χ2v) is 9.11. The predicted octanol–water partition coefficient (Wildman–Crippen LogP) is 3.28. The minimum Gasteiger partial charge on any atom is -0.388 e. The molecule has 0 radical (unpaired) electrons. The van der Waals surface area contributed by atoms with E-state index in [0.717, 1.165) is 16.7 Å². The Balaban J connectivity index is 1.69. The van der Waals surface area contributed by atoms with Crippen molar-refractivity contribution in [3.8, 4) is 0 Å². The van der Waals surface area contributed by atoms with Crippen LogP contribution in [0.25, 0.3) is 5.57 Å². The number of anilines is 2. The van der Waals surface area contributed by atoms with Crippen LogP contribution in [0.5, 0.6) is 0 Å². The van der Waals surface area contributed by atoms with Gasteiger partial charge in [-0.2, -0.15) is 0 Å². The molecule has 3 rings (SSSR count). The first-order valence-electron chi connectivity index (χ1n) is 10.6. The molecule has 0 aliphatic carbocycles. The second-order valence-electron chi connectivity index (χ2n) is 8.71. The lowest BCUT2D eigenvalue weighted by Crippen LogP contribution is -2.55. The Kier molecular flexibility index (Phi) is 7.66. The molecular weight excluding hydrogens is 446 g/mol. The highest BCUT2D eigenvalue weighted by Gasteiger charge is 2.37. The van der Waals surface area contributed by atoms with Crippen LogP contribution >= 0.6 is 11.6 Å². The SMILES string of the molecule is C=C(C)c1cccc(C(C)(C)NC(=O)Nc2ccc(Cl)c(N[C@@H]3OC[C@@H](O)[C@@H](O)[C@@H]3O)c2)c1. The third-order valence-electron chi connectivity index (χ3n) is 5.53. The van der Waals surface area contributed by atoms with Crippen LogP contribution in [0.15, 0.2) is 49.0 Å². The van der Waals surface area contributed by atoms with Gasteiger partial charge >= 0.3 is 6.03 Å². The molecule has 1 fully saturated rings. The fraction of sp³-hybridized carbons (Fsp3) is 0.375. The van der Waals surface area contributed by atoms with E-state index in [4.69, 9.17) is 16.3 Å². The molecule has 4 atom stereocenters. The number of urea groups is 1. The van der Waals surface area contributed by atoms with Crippen molar-refractivity contribution in [3.63, 3.8) is 0 Å². The first-order valence-corrected chi connectivity index (χ1v) is 10.9. The molecular formula is C24H30ClN3O5. The Morgan fingerprint density at radius 3 is 2.58 bits per heavy atom. The van der Waals surface area contributed by atoms with E-state index in [0.29, 0.717) is 16.4 Å². The first-order chi connectivity index (χ1) is 15.5. The van der Waals surface area contributed by atoms with E-state index in [1.165, 1.54) is 0 Å². The quantitative estimate of drug-likeness (QED) is 0.381. The summed E-state index contributed by atoms with van der Waals surface area (Å²) in [5.74, 6) is 0. The second kappa shape index (κ2) is 10.1. The normalized spacial score (nSPS) is 23.0. The van der Waals surface area contributed by atoms with Gasteiger partial charge in [0.2, 0.25) is 0 Å². The molecule has 0 spiro atoms. The van der Waals surface area contributed by atoms with Gasteiger partial charge in [-0.15, -0.1) is 0 Å². The van der Waals surface area contributed by atoms with Gasteiger partial charge in [0, 0.05) is 5.69 Å². The van der Waals surface area contributed by atoms with E-state index < -0.39 is 36.1 Å². The van der Waals surface area contributed by atoms with Gasteiger partial charge in [-0.1, -0.05) is 42.0 Å². The average Bonchev–Trinajstić information content (AvgIpc) is 2.76. The maximum Gasteiger partial charge on any atom is 0.319 e. The van der Waals surface area contributed by atoms with Crippen molar-refractivity contribution < 1.29 is 24.9 Å². The number of allylic oxidation sites excluding steroid dienone is 1. The topological polar surface area (TPSA) is 123 Å². The Bertz CT molecular complexity index is 1030. The van der Waals surface area contributed by atoms with Gasteiger partial charge in [-0.05, 0) is 56.2 Å². The summed E-state index contributed by atoms with van der Waals surface area (Å²) < 4.78 is 5.36. The van der Waals surface area contributed by atoms with Gasteiger partial charge in [0.25, 0.3) is 0 Å². The highest BCUT2D eigenvalue weighted by Crippen LogP contribution is 2.29. The first kappa shape index (κ1) is 25.0. The zero-order valence-corrected chi connectivity index (χ0v) is 19.6. The molecule has 1 saturated heterocycles. The number of ether oxygens (including phenoxy) is 1. The molecule has 0 aromatic heterocycles. The van der Waals surface area contributed by atoms with Gasteiger partial charge in [0.1, 0.15) is 18.3 Å². The number of carbonyl (C=O) groups excluding carboxylic acids is 1. The van der Waals surface area contributed by atoms with Crippen molar-refractivity contribution in [1.29, 1.82) is 0 Å². The van der Waals surface area contributed by atoms with Gasteiger partial charge in [-0.25, -0.2) is 4.79 Å². The average molecular weight is 476 g/mol. The van der Waals surface area contributed by atoms with Gasteiger partial charge in [0.05, 0.1) is 22.9 Å². The Labute approximate surface area is 198 Å². The Hall–Kier alpha value is -2.62. The molecule has 6 N–H and O–H groups in total. The zero-order chi connectivity index (χ0) is 24.3. The van der Waals surface area contributed by atoms with Crippen molar-refractivity contribution in [3.05, 3.63) is 65.2 Å². The molecule has 0 bridgehead atoms. The lowest BCUT2D eigenvalue weighted by molar-refractivity contribution is -0.178. The smallest absolute Gasteiger partial charge is 0.319 e. The van der Waals surface area contributed by atoms with Crippen molar-refractivity contribution >= 4 is 34.6 Å². The largest absolute Gasteiger partial charge is 0.388 e. The lowest BCUT2D eigenvalue weighted by Gasteiger charge is -2.36. The van der Waals surface area contributed by atoms with E-state index in [2.05, 4.69) is 22.5 Å². The van der Waals surface area contributed by atoms with E-state index in [1.54, 1.807) is 18.2 Å². The number of rotatable bonds is 6. The van der Waals surface area contributed by atoms with Crippen LogP contribution in [0.4, 0.5) is 16.2 Å². The van der Waals surface area contributed by atoms with E-state index in [1.807, 2.05) is 45.0 Å². The Morgan fingerprint density at radius 2 is 1.88 bits per heavy atom. The van der Waals surface area contributed by atoms with Crippen LogP contribution < -0.4 is 16.0 Å². The molecule has 1 heterocycles. The summed E-state index contributed by atoms with van der Waals surface area (Å²) in [6.45, 7) is 9.56. The van der Waals surface area contributed by atoms with Gasteiger partial charge < -0.3 is 36.0 Å². The molecule has 2 aromatic rings. The number of hydrogen-bond donors (Lipinski definition) is 6. The summed E-state index contributed by atoms with van der Waals surface area (Å²) in [5, 5.41) is 38.6. The highest BCUT2D eigenvalue weighted by atomic mass is 35.5. The van der Waals surface area contributed by atoms with E-state index in [9.17, 15) is 20.1 Å². The van der Waals surface area contributed by atoms with Gasteiger partial charge in [-0.3, -0.25) is 0 Å². The number of hydrogen-bond acceptors (Lipinski definition) is 6. The van der Waals surface area contributed by atoms with Crippen molar-refractivity contribution in [2.24, 2.45) is 0 Å². The van der Waals surface area contributed by atoms with E-state index >= 15 is 0 Å². The van der Waals surface area contributed by atoms with Gasteiger partial charge in [0.15, 0.2) is 6.23 Å². The van der Waals surface area contributed by atoms with Crippen LogP contribution in [0.3, 0.4) is 0 Å². The van der Waals surface area contributed by atoms with Crippen LogP contribution in [0.2, 0.25) is 5.02 Å². The standard InChI is InChI=1S/C24H30ClN3O5/c1-13(2)14-6-5-7-15(10-14)24(3,4)28-23(32)26-16-8-9-17(25)18(11-16)27-22-21(31)20(30)19(29)12-33-22/h5-11,19-22,27,29-31H,1,12H2,2-4H3,(H2,26,28,32)/t19-,20-,21+,22-/m1/s1. The number of aliphatic hydroxyl groups excluding tert-OH is 3. The summed E-state index contributed by atoms with van der Waals surface area (Å²) >= 11 is 6.24. The summed E-state index contributed by atoms with van der Waals surface area (Å²) in [6, 6.07) is 12.2. The zero-order valence-electron chi connectivity index (χ0n) is 18.8. The number of benzene rings is 2. The third kappa shape index (κ3) is 6.04. The molecule has 1 aliphatic rings. The third-order valence-corrected chi connectivity index (χ3v) is 5.86. The van der Waals surface area contributed by atoms with E-state index in [-0.39, 0.29) is 6.61 Å². The van der Waals surface area contributed by atoms with Crippen molar-refractivity contribution in [1.82, 2.24) is 5.32 Å². The highest BCUT2D eigenvalue weighted by molar-refractivity contribution is 6.33. The number of aliphatic hydroxyl groups is 3. The molecule has 2 amide bonds. The van der Waals surface area contributed by atoms with Crippen LogP contribution in [-0.4, -0.2) is 52.5 Å². The molecule has 1 aliphatic heterocycles.